The smallest absolute Gasteiger partial charge is 0.395 e. The number of azide groups is 1. The second-order valence-corrected chi connectivity index (χ2v) is 9.19. The molecule has 0 spiro atoms. The topological polar surface area (TPSA) is 158 Å². The van der Waals surface area contributed by atoms with E-state index in [9.17, 15) is 14.2 Å². The minimum absolute atomic E-state index is 0.132. The van der Waals surface area contributed by atoms with E-state index in [1.54, 1.807) is 67.6 Å². The van der Waals surface area contributed by atoms with E-state index in [0.717, 1.165) is 0 Å². The fraction of sp³-hybridized carbons (Fsp3) is 0.273. The first-order valence-corrected chi connectivity index (χ1v) is 12.1. The Morgan fingerprint density at radius 3 is 2.29 bits per heavy atom. The number of hydrogen-bond acceptors (Lipinski definition) is 8. The summed E-state index contributed by atoms with van der Waals surface area (Å²) in [6, 6.07) is 16.0. The normalized spacial score (nSPS) is 19.6. The monoisotopic (exact) mass is 499 g/mol. The van der Waals surface area contributed by atoms with Crippen LogP contribution in [0.15, 0.2) is 81.6 Å². The zero-order valence-corrected chi connectivity index (χ0v) is 19.5. The van der Waals surface area contributed by atoms with E-state index in [-0.39, 0.29) is 24.5 Å². The number of aromatic amines is 1. The molecule has 182 valence electrons. The molecule has 1 fully saturated rings. The van der Waals surface area contributed by atoms with Crippen molar-refractivity contribution in [3.8, 4) is 11.5 Å². The van der Waals surface area contributed by atoms with Gasteiger partial charge in [0.2, 0.25) is 0 Å². The molecule has 1 aliphatic rings. The van der Waals surface area contributed by atoms with Crippen LogP contribution in [0.25, 0.3) is 10.4 Å². The molecule has 1 aromatic heterocycles. The van der Waals surface area contributed by atoms with Crippen molar-refractivity contribution >= 4 is 7.82 Å². The van der Waals surface area contributed by atoms with Gasteiger partial charge in [-0.25, -0.2) is 9.36 Å². The first kappa shape index (κ1) is 24.3. The molecular formula is C22H22N5O7P. The van der Waals surface area contributed by atoms with Crippen LogP contribution >= 0.6 is 7.82 Å². The Morgan fingerprint density at radius 1 is 1.11 bits per heavy atom. The summed E-state index contributed by atoms with van der Waals surface area (Å²) in [6.45, 7) is 1.22. The average Bonchev–Trinajstić information content (AvgIpc) is 3.24. The highest BCUT2D eigenvalue weighted by Crippen LogP contribution is 2.50. The van der Waals surface area contributed by atoms with Gasteiger partial charge < -0.3 is 13.8 Å². The maximum Gasteiger partial charge on any atom is 0.587 e. The van der Waals surface area contributed by atoms with Gasteiger partial charge in [-0.2, -0.15) is 0 Å². The minimum atomic E-state index is -4.21. The largest absolute Gasteiger partial charge is 0.587 e. The average molecular weight is 499 g/mol. The lowest BCUT2D eigenvalue weighted by molar-refractivity contribution is -0.0260. The minimum Gasteiger partial charge on any atom is -0.395 e. The van der Waals surface area contributed by atoms with Crippen LogP contribution in [0.4, 0.5) is 0 Å². The second-order valence-electron chi connectivity index (χ2n) is 7.67. The first-order chi connectivity index (χ1) is 16.9. The number of hydrogen-bond donors (Lipinski definition) is 1. The zero-order chi connectivity index (χ0) is 24.8. The number of para-hydroxylation sites is 2. The number of benzene rings is 2. The Bertz CT molecular complexity index is 1330. The second kappa shape index (κ2) is 10.6. The van der Waals surface area contributed by atoms with Crippen LogP contribution in [-0.4, -0.2) is 28.3 Å². The Labute approximate surface area is 199 Å². The highest BCUT2D eigenvalue weighted by Gasteiger charge is 2.40. The Morgan fingerprint density at radius 2 is 1.71 bits per heavy atom. The van der Waals surface area contributed by atoms with Gasteiger partial charge in [0, 0.05) is 23.1 Å². The van der Waals surface area contributed by atoms with Crippen LogP contribution in [-0.2, 0) is 13.8 Å². The molecule has 1 saturated heterocycles. The van der Waals surface area contributed by atoms with Crippen molar-refractivity contribution in [2.45, 2.75) is 31.7 Å². The number of phosphoric ester groups is 1. The molecule has 0 saturated carbocycles. The lowest BCUT2D eigenvalue weighted by Crippen LogP contribution is -2.33. The summed E-state index contributed by atoms with van der Waals surface area (Å²) >= 11 is 0. The van der Waals surface area contributed by atoms with Crippen molar-refractivity contribution in [3.05, 3.63) is 104 Å². The van der Waals surface area contributed by atoms with Crippen LogP contribution in [0.1, 0.15) is 18.2 Å². The van der Waals surface area contributed by atoms with Gasteiger partial charge in [-0.15, -0.1) is 0 Å². The quantitative estimate of drug-likeness (QED) is 0.201. The molecule has 12 nitrogen and oxygen atoms in total. The number of nitrogens with zero attached hydrogens (tertiary/aromatic N) is 4. The van der Waals surface area contributed by atoms with Gasteiger partial charge in [-0.3, -0.25) is 18.9 Å². The van der Waals surface area contributed by atoms with Crippen LogP contribution in [0, 0.1) is 6.92 Å². The summed E-state index contributed by atoms with van der Waals surface area (Å²) in [7, 11) is -4.21. The number of rotatable bonds is 9. The van der Waals surface area contributed by atoms with Crippen molar-refractivity contribution in [2.24, 2.45) is 5.11 Å². The fourth-order valence-electron chi connectivity index (χ4n) is 3.48. The van der Waals surface area contributed by atoms with Crippen molar-refractivity contribution < 1.29 is 22.9 Å². The van der Waals surface area contributed by atoms with E-state index in [4.69, 9.17) is 23.8 Å². The molecule has 4 rings (SSSR count). The third-order valence-electron chi connectivity index (χ3n) is 5.18. The van der Waals surface area contributed by atoms with Gasteiger partial charge in [0.15, 0.2) is 0 Å². The molecule has 2 heterocycles. The molecule has 0 radical (unpaired) electrons. The highest BCUT2D eigenvalue weighted by molar-refractivity contribution is 7.49. The van der Waals surface area contributed by atoms with Gasteiger partial charge in [-0.1, -0.05) is 41.5 Å². The van der Waals surface area contributed by atoms with Gasteiger partial charge in [0.1, 0.15) is 17.7 Å². The summed E-state index contributed by atoms with van der Waals surface area (Å²) in [5.41, 5.74) is 8.13. The van der Waals surface area contributed by atoms with Crippen molar-refractivity contribution in [1.82, 2.24) is 9.55 Å². The van der Waals surface area contributed by atoms with Crippen LogP contribution in [0.3, 0.4) is 0 Å². The Hall–Kier alpha value is -3.82. The maximum atomic E-state index is 13.5. The summed E-state index contributed by atoms with van der Waals surface area (Å²) in [5.74, 6) is 0.526. The Kier molecular flexibility index (Phi) is 7.38. The predicted octanol–water partition coefficient (Wildman–Crippen LogP) is 4.09. The summed E-state index contributed by atoms with van der Waals surface area (Å²) in [6.07, 6.45) is -0.217. The standard InChI is InChI=1S/C22H22N5O7P/c1-15-13-27(22(29)24-21(15)28)20-12-18(25-26-23)19(32-20)14-31-35(30,33-16-8-4-2-5-9-16)34-17-10-6-3-7-11-17/h2-11,13,18-20H,12,14H2,1H3,(H,24,28,29)/t18-,19+,20+/m0/s1. The van der Waals surface area contributed by atoms with Crippen molar-refractivity contribution in [1.29, 1.82) is 0 Å². The number of aryl methyl sites for hydroxylation is 1. The number of phosphoric acid groups is 1. The molecule has 1 N–H and O–H groups in total. The summed E-state index contributed by atoms with van der Waals surface area (Å²) in [4.78, 5) is 29.0. The van der Waals surface area contributed by atoms with E-state index >= 15 is 0 Å². The molecular weight excluding hydrogens is 477 g/mol. The molecule has 3 aromatic rings. The molecule has 13 heteroatoms. The van der Waals surface area contributed by atoms with Gasteiger partial charge in [-0.05, 0) is 36.7 Å². The lowest BCUT2D eigenvalue weighted by atomic mass is 10.1. The SMILES string of the molecule is Cc1cn([C@H]2C[C@H](N=[N+]=[N-])[C@@H](COP(=O)(Oc3ccccc3)Oc3ccccc3)O2)c(=O)[nH]c1=O. The fourth-order valence-corrected chi connectivity index (χ4v) is 4.71. The van der Waals surface area contributed by atoms with Gasteiger partial charge in [0.05, 0.1) is 18.8 Å². The van der Waals surface area contributed by atoms with Crippen LogP contribution in [0.5, 0.6) is 11.5 Å². The third kappa shape index (κ3) is 6.00. The maximum absolute atomic E-state index is 13.5. The number of aromatic nitrogens is 2. The predicted molar refractivity (Wildman–Crippen MR) is 125 cm³/mol. The van der Waals surface area contributed by atoms with E-state index in [0.29, 0.717) is 5.56 Å². The molecule has 3 atom stereocenters. The molecule has 1 aliphatic heterocycles. The number of nitrogens with one attached hydrogen (secondary N) is 1. The van der Waals surface area contributed by atoms with E-state index < -0.39 is 37.4 Å². The molecule has 0 aliphatic carbocycles. The molecule has 0 amide bonds. The van der Waals surface area contributed by atoms with Gasteiger partial charge >= 0.3 is 13.5 Å². The van der Waals surface area contributed by atoms with E-state index in [2.05, 4.69) is 15.0 Å². The molecule has 2 aromatic carbocycles. The van der Waals surface area contributed by atoms with E-state index in [1.807, 2.05) is 0 Å². The first-order valence-electron chi connectivity index (χ1n) is 10.6. The Balaban J connectivity index is 1.55. The molecule has 0 bridgehead atoms. The summed E-state index contributed by atoms with van der Waals surface area (Å²) in [5, 5.41) is 3.74. The zero-order valence-electron chi connectivity index (χ0n) is 18.6. The van der Waals surface area contributed by atoms with E-state index in [1.165, 1.54) is 10.8 Å². The molecule has 35 heavy (non-hydrogen) atoms. The molecule has 0 unspecified atom stereocenters. The van der Waals surface area contributed by atoms with Crippen LogP contribution in [0.2, 0.25) is 0 Å². The summed E-state index contributed by atoms with van der Waals surface area (Å²) < 4.78 is 37.4. The number of ether oxygens (including phenoxy) is 1. The lowest BCUT2D eigenvalue weighted by Gasteiger charge is -2.22. The van der Waals surface area contributed by atoms with Crippen molar-refractivity contribution in [3.63, 3.8) is 0 Å². The van der Waals surface area contributed by atoms with Crippen molar-refractivity contribution in [2.75, 3.05) is 6.61 Å². The van der Waals surface area contributed by atoms with Gasteiger partial charge in [0.25, 0.3) is 5.56 Å². The highest BCUT2D eigenvalue weighted by atomic mass is 31.2. The van der Waals surface area contributed by atoms with Crippen LogP contribution < -0.4 is 20.3 Å². The number of H-pyrrole nitrogens is 1. The third-order valence-corrected chi connectivity index (χ3v) is 6.51.